The second kappa shape index (κ2) is 6.79. The molecule has 0 aliphatic heterocycles. The molecule has 0 saturated heterocycles. The molecule has 0 amide bonds. The average Bonchev–Trinajstić information content (AvgIpc) is 2.27. The molecule has 0 bridgehead atoms. The third-order valence-corrected chi connectivity index (χ3v) is 4.07. The van der Waals surface area contributed by atoms with Gasteiger partial charge in [-0.1, -0.05) is 57.0 Å². The molecule has 1 aromatic rings. The Labute approximate surface area is 121 Å². The van der Waals surface area contributed by atoms with E-state index >= 15 is 0 Å². The number of halogens is 2. The topological polar surface area (TPSA) is 12.0 Å². The van der Waals surface area contributed by atoms with Crippen molar-refractivity contribution in [3.05, 3.63) is 33.8 Å². The van der Waals surface area contributed by atoms with Crippen LogP contribution in [0.3, 0.4) is 0 Å². The maximum Gasteiger partial charge on any atom is 0.0595 e. The number of rotatable bonds is 5. The fourth-order valence-electron chi connectivity index (χ4n) is 1.95. The van der Waals surface area contributed by atoms with Gasteiger partial charge in [0.15, 0.2) is 0 Å². The van der Waals surface area contributed by atoms with Gasteiger partial charge in [-0.3, -0.25) is 0 Å². The first-order valence-corrected chi connectivity index (χ1v) is 7.24. The van der Waals surface area contributed by atoms with Crippen LogP contribution in [0.5, 0.6) is 0 Å². The lowest BCUT2D eigenvalue weighted by atomic mass is 9.77. The van der Waals surface area contributed by atoms with Crippen molar-refractivity contribution in [2.24, 2.45) is 11.3 Å². The molecular weight excluding hydrogens is 265 g/mol. The van der Waals surface area contributed by atoms with Gasteiger partial charge in [-0.25, -0.2) is 0 Å². The van der Waals surface area contributed by atoms with Crippen molar-refractivity contribution < 1.29 is 0 Å². The van der Waals surface area contributed by atoms with Crippen LogP contribution < -0.4 is 5.32 Å². The molecular formula is C15H23Cl2N. The highest BCUT2D eigenvalue weighted by atomic mass is 35.5. The highest BCUT2D eigenvalue weighted by molar-refractivity contribution is 6.42. The highest BCUT2D eigenvalue weighted by Crippen LogP contribution is 2.30. The van der Waals surface area contributed by atoms with Crippen molar-refractivity contribution >= 4 is 23.2 Å². The van der Waals surface area contributed by atoms with Gasteiger partial charge in [0.05, 0.1) is 10.0 Å². The zero-order valence-corrected chi connectivity index (χ0v) is 13.2. The van der Waals surface area contributed by atoms with Gasteiger partial charge < -0.3 is 5.32 Å². The molecule has 0 aliphatic carbocycles. The van der Waals surface area contributed by atoms with Gasteiger partial charge in [-0.15, -0.1) is 0 Å². The van der Waals surface area contributed by atoms with E-state index in [1.807, 2.05) is 12.1 Å². The maximum atomic E-state index is 6.07. The molecule has 0 saturated carbocycles. The summed E-state index contributed by atoms with van der Waals surface area (Å²) in [5.41, 5.74) is 1.52. The molecule has 0 aromatic heterocycles. The summed E-state index contributed by atoms with van der Waals surface area (Å²) in [6.07, 6.45) is 1.02. The van der Waals surface area contributed by atoms with Gasteiger partial charge in [0, 0.05) is 0 Å². The van der Waals surface area contributed by atoms with Crippen LogP contribution in [0.15, 0.2) is 18.2 Å². The van der Waals surface area contributed by atoms with E-state index < -0.39 is 0 Å². The quantitative estimate of drug-likeness (QED) is 0.820. The zero-order chi connectivity index (χ0) is 13.8. The van der Waals surface area contributed by atoms with Crippen molar-refractivity contribution in [1.29, 1.82) is 0 Å². The summed E-state index contributed by atoms with van der Waals surface area (Å²) in [5.74, 6) is 0.578. The number of hydrogen-bond acceptors (Lipinski definition) is 1. The second-order valence-electron chi connectivity index (χ2n) is 5.82. The van der Waals surface area contributed by atoms with Crippen molar-refractivity contribution in [3.63, 3.8) is 0 Å². The third kappa shape index (κ3) is 4.79. The van der Waals surface area contributed by atoms with Gasteiger partial charge in [-0.05, 0) is 48.5 Å². The number of hydrogen-bond donors (Lipinski definition) is 1. The van der Waals surface area contributed by atoms with Crippen LogP contribution in [-0.2, 0) is 6.42 Å². The van der Waals surface area contributed by atoms with Crippen LogP contribution in [-0.4, -0.2) is 13.1 Å². The minimum Gasteiger partial charge on any atom is -0.317 e. The van der Waals surface area contributed by atoms with Crippen LogP contribution in [0.2, 0.25) is 10.0 Å². The van der Waals surface area contributed by atoms with Crippen LogP contribution in [0.1, 0.15) is 33.3 Å². The first-order chi connectivity index (χ1) is 8.34. The van der Waals surface area contributed by atoms with Crippen molar-refractivity contribution in [3.8, 4) is 0 Å². The standard InChI is InChI=1S/C15H23Cl2N/c1-5-18-10-12(15(2,3)4)8-11-6-7-13(16)14(17)9-11/h6-7,9,12,18H,5,8,10H2,1-4H3. The van der Waals surface area contributed by atoms with E-state index in [2.05, 4.69) is 39.1 Å². The summed E-state index contributed by atoms with van der Waals surface area (Å²) >= 11 is 12.0. The van der Waals surface area contributed by atoms with Gasteiger partial charge in [0.2, 0.25) is 0 Å². The van der Waals surface area contributed by atoms with Crippen LogP contribution in [0.4, 0.5) is 0 Å². The lowest BCUT2D eigenvalue weighted by Gasteiger charge is -2.31. The Balaban J connectivity index is 2.79. The minimum absolute atomic E-state index is 0.272. The Morgan fingerprint density at radius 2 is 1.83 bits per heavy atom. The lowest BCUT2D eigenvalue weighted by molar-refractivity contribution is 0.232. The predicted octanol–water partition coefficient (Wildman–Crippen LogP) is 4.81. The smallest absolute Gasteiger partial charge is 0.0595 e. The lowest BCUT2D eigenvalue weighted by Crippen LogP contribution is -2.33. The minimum atomic E-state index is 0.272. The van der Waals surface area contributed by atoms with E-state index in [9.17, 15) is 0 Å². The molecule has 0 aliphatic rings. The first-order valence-electron chi connectivity index (χ1n) is 6.49. The molecule has 1 rings (SSSR count). The predicted molar refractivity (Wildman–Crippen MR) is 81.7 cm³/mol. The Morgan fingerprint density at radius 3 is 2.33 bits per heavy atom. The van der Waals surface area contributed by atoms with E-state index in [0.29, 0.717) is 16.0 Å². The van der Waals surface area contributed by atoms with Crippen LogP contribution in [0.25, 0.3) is 0 Å². The van der Waals surface area contributed by atoms with Crippen molar-refractivity contribution in [2.75, 3.05) is 13.1 Å². The fraction of sp³-hybridized carbons (Fsp3) is 0.600. The summed E-state index contributed by atoms with van der Waals surface area (Å²) in [6, 6.07) is 5.93. The number of nitrogens with one attached hydrogen (secondary N) is 1. The van der Waals surface area contributed by atoms with Gasteiger partial charge in [0.25, 0.3) is 0 Å². The molecule has 1 unspecified atom stereocenters. The Hall–Kier alpha value is -0.240. The molecule has 18 heavy (non-hydrogen) atoms. The summed E-state index contributed by atoms with van der Waals surface area (Å²) in [5, 5.41) is 4.71. The first kappa shape index (κ1) is 15.8. The Kier molecular flexibility index (Phi) is 5.97. The highest BCUT2D eigenvalue weighted by Gasteiger charge is 2.24. The average molecular weight is 288 g/mol. The molecule has 1 N–H and O–H groups in total. The van der Waals surface area contributed by atoms with Crippen LogP contribution in [0, 0.1) is 11.3 Å². The second-order valence-corrected chi connectivity index (χ2v) is 6.64. The molecule has 1 atom stereocenters. The molecule has 0 spiro atoms. The fourth-order valence-corrected chi connectivity index (χ4v) is 2.27. The maximum absolute atomic E-state index is 6.07. The van der Waals surface area contributed by atoms with E-state index in [-0.39, 0.29) is 5.41 Å². The summed E-state index contributed by atoms with van der Waals surface area (Å²) < 4.78 is 0. The molecule has 0 radical (unpaired) electrons. The van der Waals surface area contributed by atoms with Crippen LogP contribution >= 0.6 is 23.2 Å². The van der Waals surface area contributed by atoms with Crippen molar-refractivity contribution in [2.45, 2.75) is 34.1 Å². The summed E-state index contributed by atoms with van der Waals surface area (Å²) in [6.45, 7) is 11.0. The van der Waals surface area contributed by atoms with Gasteiger partial charge in [-0.2, -0.15) is 0 Å². The monoisotopic (exact) mass is 287 g/mol. The van der Waals surface area contributed by atoms with E-state index in [1.165, 1.54) is 5.56 Å². The van der Waals surface area contributed by atoms with E-state index in [0.717, 1.165) is 19.5 Å². The van der Waals surface area contributed by atoms with Crippen molar-refractivity contribution in [1.82, 2.24) is 5.32 Å². The Morgan fingerprint density at radius 1 is 1.17 bits per heavy atom. The molecule has 102 valence electrons. The molecule has 1 nitrogen and oxygen atoms in total. The molecule has 0 heterocycles. The summed E-state index contributed by atoms with van der Waals surface area (Å²) in [7, 11) is 0. The van der Waals surface area contributed by atoms with E-state index in [1.54, 1.807) is 0 Å². The Bertz CT molecular complexity index is 383. The largest absolute Gasteiger partial charge is 0.317 e. The summed E-state index contributed by atoms with van der Waals surface area (Å²) in [4.78, 5) is 0. The third-order valence-electron chi connectivity index (χ3n) is 3.33. The zero-order valence-electron chi connectivity index (χ0n) is 11.7. The SMILES string of the molecule is CCNCC(Cc1ccc(Cl)c(Cl)c1)C(C)(C)C. The van der Waals surface area contributed by atoms with E-state index in [4.69, 9.17) is 23.2 Å². The molecule has 3 heteroatoms. The molecule has 1 aromatic carbocycles. The van der Waals surface area contributed by atoms with Gasteiger partial charge in [0.1, 0.15) is 0 Å². The normalized spacial score (nSPS) is 13.7. The number of benzene rings is 1. The van der Waals surface area contributed by atoms with Gasteiger partial charge >= 0.3 is 0 Å². The molecule has 0 fully saturated rings.